The Bertz CT molecular complexity index is 270. The third kappa shape index (κ3) is 2.56. The molecule has 0 saturated carbocycles. The summed E-state index contributed by atoms with van der Waals surface area (Å²) in [5.41, 5.74) is 0. The summed E-state index contributed by atoms with van der Waals surface area (Å²) in [5.74, 6) is 0.0167. The van der Waals surface area contributed by atoms with Gasteiger partial charge < -0.3 is 9.47 Å². The number of rotatable bonds is 3. The highest BCUT2D eigenvalue weighted by atomic mass is 127. The number of aromatic nitrogens is 1. The van der Waals surface area contributed by atoms with Gasteiger partial charge in [-0.3, -0.25) is 0 Å². The molecule has 0 bridgehead atoms. The van der Waals surface area contributed by atoms with Crippen molar-refractivity contribution < 1.29 is 13.9 Å². The second kappa shape index (κ2) is 4.56. The van der Waals surface area contributed by atoms with Crippen LogP contribution in [-0.4, -0.2) is 18.9 Å². The van der Waals surface area contributed by atoms with Crippen LogP contribution in [0.25, 0.3) is 0 Å². The number of hydrogen-bond acceptors (Lipinski definition) is 3. The summed E-state index contributed by atoms with van der Waals surface area (Å²) in [6.45, 7) is 0.142. The highest BCUT2D eigenvalue weighted by Gasteiger charge is 2.02. The molecule has 0 atom stereocenters. The quantitative estimate of drug-likeness (QED) is 0.481. The lowest BCUT2D eigenvalue weighted by Crippen LogP contribution is -2.01. The van der Waals surface area contributed by atoms with Crippen LogP contribution in [0, 0.1) is 9.52 Å². The first-order valence-electron chi connectivity index (χ1n) is 3.17. The number of pyridine rings is 1. The fraction of sp³-hybridized carbons (Fsp3) is 0.286. The summed E-state index contributed by atoms with van der Waals surface area (Å²) in [4.78, 5) is 3.44. The van der Waals surface area contributed by atoms with Gasteiger partial charge >= 0.3 is 0 Å². The van der Waals surface area contributed by atoms with Crippen LogP contribution in [-0.2, 0) is 4.74 Å². The molecule has 0 saturated heterocycles. The topological polar surface area (TPSA) is 31.4 Å². The van der Waals surface area contributed by atoms with Crippen LogP contribution in [0.2, 0.25) is 0 Å². The smallest absolute Gasteiger partial charge is 0.214 e. The first-order chi connectivity index (χ1) is 5.74. The number of nitrogens with zero attached hydrogens (tertiary/aromatic N) is 1. The maximum Gasteiger partial charge on any atom is 0.214 e. The minimum absolute atomic E-state index is 0.142. The molecule has 12 heavy (non-hydrogen) atoms. The molecule has 0 aliphatic rings. The van der Waals surface area contributed by atoms with Crippen molar-refractivity contribution in [1.82, 2.24) is 4.98 Å². The third-order valence-corrected chi connectivity index (χ3v) is 1.96. The van der Waals surface area contributed by atoms with E-state index in [9.17, 15) is 4.39 Å². The van der Waals surface area contributed by atoms with Crippen molar-refractivity contribution >= 4 is 22.6 Å². The molecule has 1 aromatic heterocycles. The molecule has 1 heterocycles. The van der Waals surface area contributed by atoms with Crippen LogP contribution in [0.1, 0.15) is 0 Å². The van der Waals surface area contributed by atoms with Crippen LogP contribution in [0.4, 0.5) is 4.39 Å². The highest BCUT2D eigenvalue weighted by Crippen LogP contribution is 2.19. The Morgan fingerprint density at radius 2 is 2.42 bits per heavy atom. The van der Waals surface area contributed by atoms with Crippen LogP contribution in [0.5, 0.6) is 5.75 Å². The Morgan fingerprint density at radius 3 is 3.00 bits per heavy atom. The van der Waals surface area contributed by atoms with E-state index < -0.39 is 5.95 Å². The van der Waals surface area contributed by atoms with E-state index in [0.717, 1.165) is 0 Å². The van der Waals surface area contributed by atoms with Crippen LogP contribution >= 0.6 is 22.6 Å². The van der Waals surface area contributed by atoms with Gasteiger partial charge in [0.2, 0.25) is 5.95 Å². The van der Waals surface area contributed by atoms with Gasteiger partial charge in [-0.05, 0) is 22.6 Å². The average Bonchev–Trinajstić information content (AvgIpc) is 2.03. The SMILES string of the molecule is COCOc1cnc(F)cc1I. The van der Waals surface area contributed by atoms with Crippen molar-refractivity contribution in [3.8, 4) is 5.75 Å². The number of halogens is 2. The molecule has 3 nitrogen and oxygen atoms in total. The zero-order valence-electron chi connectivity index (χ0n) is 6.38. The number of hydrogen-bond donors (Lipinski definition) is 0. The number of methoxy groups -OCH3 is 1. The van der Waals surface area contributed by atoms with Gasteiger partial charge in [0.1, 0.15) is 0 Å². The van der Waals surface area contributed by atoms with E-state index in [0.29, 0.717) is 9.32 Å². The Morgan fingerprint density at radius 1 is 1.67 bits per heavy atom. The highest BCUT2D eigenvalue weighted by molar-refractivity contribution is 14.1. The molecule has 0 fully saturated rings. The van der Waals surface area contributed by atoms with Crippen molar-refractivity contribution in [2.24, 2.45) is 0 Å². The van der Waals surface area contributed by atoms with Gasteiger partial charge in [0.25, 0.3) is 0 Å². The molecule has 0 N–H and O–H groups in total. The van der Waals surface area contributed by atoms with Gasteiger partial charge in [-0.25, -0.2) is 4.98 Å². The van der Waals surface area contributed by atoms with Crippen molar-refractivity contribution in [3.63, 3.8) is 0 Å². The van der Waals surface area contributed by atoms with E-state index in [1.807, 2.05) is 22.6 Å². The minimum Gasteiger partial charge on any atom is -0.465 e. The second-order valence-electron chi connectivity index (χ2n) is 1.99. The first kappa shape index (κ1) is 9.66. The summed E-state index contributed by atoms with van der Waals surface area (Å²) >= 11 is 1.97. The average molecular weight is 283 g/mol. The third-order valence-electron chi connectivity index (χ3n) is 1.12. The molecule has 0 spiro atoms. The normalized spacial score (nSPS) is 9.92. The van der Waals surface area contributed by atoms with Crippen LogP contribution < -0.4 is 4.74 Å². The maximum absolute atomic E-state index is 12.5. The Kier molecular flexibility index (Phi) is 3.67. The second-order valence-corrected chi connectivity index (χ2v) is 3.15. The molecule has 66 valence electrons. The van der Waals surface area contributed by atoms with Crippen molar-refractivity contribution in [3.05, 3.63) is 21.8 Å². The monoisotopic (exact) mass is 283 g/mol. The Labute approximate surface area is 83.0 Å². The van der Waals surface area contributed by atoms with Crippen LogP contribution in [0.3, 0.4) is 0 Å². The Hall–Kier alpha value is -0.430. The predicted octanol–water partition coefficient (Wildman–Crippen LogP) is 1.81. The molecular weight excluding hydrogens is 276 g/mol. The number of ether oxygens (including phenoxy) is 2. The first-order valence-corrected chi connectivity index (χ1v) is 4.24. The summed E-state index contributed by atoms with van der Waals surface area (Å²) in [6.07, 6.45) is 1.33. The van der Waals surface area contributed by atoms with Gasteiger partial charge in [-0.1, -0.05) is 0 Å². The van der Waals surface area contributed by atoms with Crippen molar-refractivity contribution in [2.45, 2.75) is 0 Å². The van der Waals surface area contributed by atoms with E-state index >= 15 is 0 Å². The van der Waals surface area contributed by atoms with Gasteiger partial charge in [0, 0.05) is 13.2 Å². The minimum atomic E-state index is -0.510. The molecule has 1 aromatic rings. The van der Waals surface area contributed by atoms with Crippen molar-refractivity contribution in [2.75, 3.05) is 13.9 Å². The summed E-state index contributed by atoms with van der Waals surface area (Å²) in [6, 6.07) is 1.30. The van der Waals surface area contributed by atoms with E-state index in [1.165, 1.54) is 19.4 Å². The van der Waals surface area contributed by atoms with E-state index in [1.54, 1.807) is 0 Å². The van der Waals surface area contributed by atoms with E-state index in [-0.39, 0.29) is 6.79 Å². The van der Waals surface area contributed by atoms with Gasteiger partial charge in [-0.15, -0.1) is 0 Å². The molecular formula is C7H7FINO2. The fourth-order valence-corrected chi connectivity index (χ4v) is 1.18. The largest absolute Gasteiger partial charge is 0.465 e. The Balaban J connectivity index is 2.72. The predicted molar refractivity (Wildman–Crippen MR) is 49.4 cm³/mol. The lowest BCUT2D eigenvalue weighted by molar-refractivity contribution is 0.0501. The summed E-state index contributed by atoms with van der Waals surface area (Å²) in [5, 5.41) is 0. The maximum atomic E-state index is 12.5. The fourth-order valence-electron chi connectivity index (χ4n) is 0.624. The zero-order valence-corrected chi connectivity index (χ0v) is 8.54. The van der Waals surface area contributed by atoms with E-state index in [4.69, 9.17) is 4.74 Å². The molecule has 0 unspecified atom stereocenters. The lowest BCUT2D eigenvalue weighted by atomic mass is 10.5. The zero-order chi connectivity index (χ0) is 8.97. The van der Waals surface area contributed by atoms with Gasteiger partial charge in [0.05, 0.1) is 9.77 Å². The summed E-state index contributed by atoms with van der Waals surface area (Å²) in [7, 11) is 1.52. The molecule has 0 aliphatic heterocycles. The lowest BCUT2D eigenvalue weighted by Gasteiger charge is -2.05. The van der Waals surface area contributed by atoms with Gasteiger partial charge in [-0.2, -0.15) is 4.39 Å². The molecule has 0 aromatic carbocycles. The molecule has 0 radical (unpaired) electrons. The van der Waals surface area contributed by atoms with Crippen molar-refractivity contribution in [1.29, 1.82) is 0 Å². The summed E-state index contributed by atoms with van der Waals surface area (Å²) < 4.78 is 22.9. The van der Waals surface area contributed by atoms with Crippen LogP contribution in [0.15, 0.2) is 12.3 Å². The molecule has 0 amide bonds. The standard InChI is InChI=1S/C7H7FINO2/c1-11-4-12-6-3-10-7(8)2-5(6)9/h2-3H,4H2,1H3. The molecule has 5 heteroatoms. The molecule has 1 rings (SSSR count). The molecule has 0 aliphatic carbocycles. The van der Waals surface area contributed by atoms with E-state index in [2.05, 4.69) is 9.72 Å². The van der Waals surface area contributed by atoms with Gasteiger partial charge in [0.15, 0.2) is 12.5 Å².